The maximum absolute atomic E-state index is 4.30. The number of hydrogen-bond acceptors (Lipinski definition) is 5. The van der Waals surface area contributed by atoms with Crippen LogP contribution in [-0.4, -0.2) is 16.0 Å². The van der Waals surface area contributed by atoms with Gasteiger partial charge in [-0.25, -0.2) is 0 Å². The van der Waals surface area contributed by atoms with Gasteiger partial charge in [-0.15, -0.1) is 10.2 Å². The lowest BCUT2D eigenvalue weighted by atomic mass is 9.91. The number of anilines is 2. The molecule has 0 radical (unpaired) electrons. The van der Waals surface area contributed by atoms with Gasteiger partial charge in [0.05, 0.1) is 0 Å². The van der Waals surface area contributed by atoms with E-state index in [1.807, 2.05) is 11.8 Å². The molecule has 5 heteroatoms. The van der Waals surface area contributed by atoms with Gasteiger partial charge in [-0.3, -0.25) is 0 Å². The van der Waals surface area contributed by atoms with Crippen LogP contribution >= 0.6 is 23.1 Å². The van der Waals surface area contributed by atoms with Gasteiger partial charge in [-0.2, -0.15) is 0 Å². The summed E-state index contributed by atoms with van der Waals surface area (Å²) in [6.07, 6.45) is 8.08. The van der Waals surface area contributed by atoms with Crippen molar-refractivity contribution in [3.63, 3.8) is 0 Å². The Hall–Kier alpha value is -1.07. The van der Waals surface area contributed by atoms with Crippen molar-refractivity contribution in [2.75, 3.05) is 11.1 Å². The predicted octanol–water partition coefficient (Wildman–Crippen LogP) is 5.52. The summed E-state index contributed by atoms with van der Waals surface area (Å²) in [5, 5.41) is 12.8. The van der Waals surface area contributed by atoms with E-state index in [1.165, 1.54) is 43.4 Å². The molecule has 1 aliphatic carbocycles. The van der Waals surface area contributed by atoms with Gasteiger partial charge >= 0.3 is 0 Å². The summed E-state index contributed by atoms with van der Waals surface area (Å²) in [5.41, 5.74) is 2.43. The average Bonchev–Trinajstić information content (AvgIpc) is 3.02. The van der Waals surface area contributed by atoms with Crippen molar-refractivity contribution in [1.29, 1.82) is 0 Å². The summed E-state index contributed by atoms with van der Waals surface area (Å²) in [4.78, 5) is 0. The number of aryl methyl sites for hydroxylation is 1. The minimum atomic E-state index is 0.876. The largest absolute Gasteiger partial charge is 0.330 e. The Morgan fingerprint density at radius 2 is 1.91 bits per heavy atom. The molecule has 1 fully saturated rings. The number of aromatic nitrogens is 2. The molecule has 1 N–H and O–H groups in total. The molecule has 0 aliphatic heterocycles. The van der Waals surface area contributed by atoms with Crippen LogP contribution in [0.25, 0.3) is 0 Å². The van der Waals surface area contributed by atoms with Crippen LogP contribution in [0.5, 0.6) is 0 Å². The van der Waals surface area contributed by atoms with E-state index in [0.29, 0.717) is 0 Å². The summed E-state index contributed by atoms with van der Waals surface area (Å²) in [5.74, 6) is 2.07. The number of nitrogens with zero attached hydrogens (tertiary/aromatic N) is 2. The van der Waals surface area contributed by atoms with E-state index in [-0.39, 0.29) is 0 Å². The highest BCUT2D eigenvalue weighted by Gasteiger charge is 2.15. The quantitative estimate of drug-likeness (QED) is 0.707. The second kappa shape index (κ2) is 7.97. The van der Waals surface area contributed by atoms with Crippen molar-refractivity contribution in [1.82, 2.24) is 10.2 Å². The fourth-order valence-corrected chi connectivity index (χ4v) is 4.79. The topological polar surface area (TPSA) is 37.8 Å². The van der Waals surface area contributed by atoms with Gasteiger partial charge in [0.2, 0.25) is 5.13 Å². The Balaban J connectivity index is 1.51. The number of thioether (sulfide) groups is 1. The smallest absolute Gasteiger partial charge is 0.210 e. The maximum atomic E-state index is 4.30. The molecule has 2 aromatic rings. The Kier molecular flexibility index (Phi) is 5.73. The lowest BCUT2D eigenvalue weighted by Crippen LogP contribution is -2.08. The molecule has 3 rings (SSSR count). The highest BCUT2D eigenvalue weighted by atomic mass is 32.2. The molecule has 1 aromatic heterocycles. The fraction of sp³-hybridized carbons (Fsp3) is 0.529. The molecule has 1 saturated carbocycles. The van der Waals surface area contributed by atoms with Gasteiger partial charge < -0.3 is 5.32 Å². The van der Waals surface area contributed by atoms with Gasteiger partial charge in [0, 0.05) is 11.4 Å². The fourth-order valence-electron chi connectivity index (χ4n) is 2.81. The molecular weight excluding hydrogens is 310 g/mol. The molecule has 0 saturated heterocycles. The lowest BCUT2D eigenvalue weighted by Gasteiger charge is -2.20. The van der Waals surface area contributed by atoms with Gasteiger partial charge in [0.25, 0.3) is 0 Å². The standard InChI is InChI=1S/C17H23N3S2/c1-2-13-8-10-15(11-9-13)18-16-19-20-17(22-16)21-12-14-6-4-3-5-7-14/h8-11,14H,2-7,12H2,1H3,(H,18,19). The number of rotatable bonds is 6. The van der Waals surface area contributed by atoms with E-state index < -0.39 is 0 Å². The third-order valence-electron chi connectivity index (χ3n) is 4.19. The van der Waals surface area contributed by atoms with Crippen molar-refractivity contribution >= 4 is 33.9 Å². The minimum absolute atomic E-state index is 0.876. The first kappa shape index (κ1) is 15.8. The Morgan fingerprint density at radius 3 is 2.64 bits per heavy atom. The van der Waals surface area contributed by atoms with Gasteiger partial charge in [-0.1, -0.05) is 61.4 Å². The normalized spacial score (nSPS) is 15.9. The first-order valence-electron chi connectivity index (χ1n) is 8.16. The molecule has 22 heavy (non-hydrogen) atoms. The lowest BCUT2D eigenvalue weighted by molar-refractivity contribution is 0.391. The third-order valence-corrected chi connectivity index (χ3v) is 6.39. The average molecular weight is 334 g/mol. The van der Waals surface area contributed by atoms with E-state index in [2.05, 4.69) is 46.7 Å². The van der Waals surface area contributed by atoms with Crippen LogP contribution in [0.4, 0.5) is 10.8 Å². The summed E-state index contributed by atoms with van der Waals surface area (Å²) in [6, 6.07) is 8.52. The first-order chi connectivity index (χ1) is 10.8. The zero-order valence-electron chi connectivity index (χ0n) is 13.0. The van der Waals surface area contributed by atoms with Gasteiger partial charge in [0.1, 0.15) is 0 Å². The number of hydrogen-bond donors (Lipinski definition) is 1. The maximum Gasteiger partial charge on any atom is 0.210 e. The van der Waals surface area contributed by atoms with Crippen LogP contribution in [0.1, 0.15) is 44.6 Å². The van der Waals surface area contributed by atoms with Crippen molar-refractivity contribution in [3.05, 3.63) is 29.8 Å². The summed E-state index contributed by atoms with van der Waals surface area (Å²) in [7, 11) is 0. The number of benzene rings is 1. The molecule has 1 aromatic carbocycles. The molecule has 1 heterocycles. The summed E-state index contributed by atoms with van der Waals surface area (Å²) >= 11 is 3.53. The van der Waals surface area contributed by atoms with Crippen LogP contribution in [0.3, 0.4) is 0 Å². The number of nitrogens with one attached hydrogen (secondary N) is 1. The molecule has 0 amide bonds. The third kappa shape index (κ3) is 4.46. The first-order valence-corrected chi connectivity index (χ1v) is 9.96. The second-order valence-electron chi connectivity index (χ2n) is 5.86. The van der Waals surface area contributed by atoms with Crippen molar-refractivity contribution in [2.24, 2.45) is 5.92 Å². The molecule has 0 atom stereocenters. The van der Waals surface area contributed by atoms with E-state index in [1.54, 1.807) is 11.3 Å². The summed E-state index contributed by atoms with van der Waals surface area (Å²) < 4.78 is 1.08. The second-order valence-corrected chi connectivity index (χ2v) is 8.11. The SMILES string of the molecule is CCc1ccc(Nc2nnc(SCC3CCCCC3)s2)cc1. The van der Waals surface area contributed by atoms with Crippen LogP contribution in [0, 0.1) is 5.92 Å². The minimum Gasteiger partial charge on any atom is -0.330 e. The van der Waals surface area contributed by atoms with E-state index in [4.69, 9.17) is 0 Å². The zero-order chi connectivity index (χ0) is 15.2. The molecule has 0 bridgehead atoms. The molecular formula is C17H23N3S2. The molecule has 0 spiro atoms. The van der Waals surface area contributed by atoms with Crippen LogP contribution < -0.4 is 5.32 Å². The van der Waals surface area contributed by atoms with Crippen molar-refractivity contribution in [2.45, 2.75) is 49.8 Å². The summed E-state index contributed by atoms with van der Waals surface area (Å²) in [6.45, 7) is 2.17. The van der Waals surface area contributed by atoms with E-state index >= 15 is 0 Å². The van der Waals surface area contributed by atoms with E-state index in [9.17, 15) is 0 Å². The van der Waals surface area contributed by atoms with Crippen molar-refractivity contribution in [3.8, 4) is 0 Å². The Bertz CT molecular complexity index is 574. The zero-order valence-corrected chi connectivity index (χ0v) is 14.7. The van der Waals surface area contributed by atoms with E-state index in [0.717, 1.165) is 27.5 Å². The Labute approximate surface area is 140 Å². The molecule has 3 nitrogen and oxygen atoms in total. The van der Waals surface area contributed by atoms with Crippen LogP contribution in [0.2, 0.25) is 0 Å². The monoisotopic (exact) mass is 333 g/mol. The molecule has 0 unspecified atom stereocenters. The van der Waals surface area contributed by atoms with Crippen molar-refractivity contribution < 1.29 is 0 Å². The van der Waals surface area contributed by atoms with Gasteiger partial charge in [-0.05, 0) is 42.9 Å². The predicted molar refractivity (Wildman–Crippen MR) is 96.3 cm³/mol. The van der Waals surface area contributed by atoms with Crippen LogP contribution in [-0.2, 0) is 6.42 Å². The van der Waals surface area contributed by atoms with Gasteiger partial charge in [0.15, 0.2) is 4.34 Å². The molecule has 1 aliphatic rings. The highest BCUT2D eigenvalue weighted by molar-refractivity contribution is 8.01. The molecule has 118 valence electrons. The van der Waals surface area contributed by atoms with Crippen LogP contribution in [0.15, 0.2) is 28.6 Å². The highest BCUT2D eigenvalue weighted by Crippen LogP contribution is 2.33. The Morgan fingerprint density at radius 1 is 1.14 bits per heavy atom.